The molecule has 1 unspecified atom stereocenters. The van der Waals surface area contributed by atoms with Crippen LogP contribution in [0.25, 0.3) is 0 Å². The van der Waals surface area contributed by atoms with Gasteiger partial charge in [-0.25, -0.2) is 8.42 Å². The van der Waals surface area contributed by atoms with Crippen molar-refractivity contribution in [2.45, 2.75) is 128 Å². The first kappa shape index (κ1) is 28.3. The van der Waals surface area contributed by atoms with Crippen LogP contribution in [0.4, 0.5) is 0 Å². The van der Waals surface area contributed by atoms with Crippen LogP contribution in [0, 0.1) is 6.92 Å². The smallest absolute Gasteiger partial charge is 0.243 e. The third kappa shape index (κ3) is 11.4. The predicted molar refractivity (Wildman–Crippen MR) is 141 cm³/mol. The van der Waals surface area contributed by atoms with E-state index in [9.17, 15) is 8.42 Å². The zero-order chi connectivity index (χ0) is 23.8. The highest BCUT2D eigenvalue weighted by atomic mass is 32.2. The Hall–Kier alpha value is -0.910. The van der Waals surface area contributed by atoms with E-state index in [0.717, 1.165) is 18.5 Å². The molecule has 1 aromatic rings. The number of unbranched alkanes of at least 4 members (excludes halogenated alkanes) is 14. The predicted octanol–water partition coefficient (Wildman–Crippen LogP) is 7.22. The number of nitrogens with one attached hydrogen (secondary N) is 1. The molecule has 0 saturated carbocycles. The van der Waals surface area contributed by atoms with Crippen molar-refractivity contribution in [3.8, 4) is 0 Å². The van der Waals surface area contributed by atoms with Crippen molar-refractivity contribution in [3.63, 3.8) is 0 Å². The maximum atomic E-state index is 13.0. The monoisotopic (exact) mass is 478 g/mol. The molecule has 190 valence electrons. The van der Waals surface area contributed by atoms with Gasteiger partial charge in [-0.05, 0) is 25.5 Å². The Kier molecular flexibility index (Phi) is 14.3. The van der Waals surface area contributed by atoms with Gasteiger partial charge in [-0.1, -0.05) is 121 Å². The van der Waals surface area contributed by atoms with Crippen LogP contribution < -0.4 is 5.32 Å². The number of hydrogen-bond donors (Lipinski definition) is 1. The van der Waals surface area contributed by atoms with Gasteiger partial charge in [-0.3, -0.25) is 0 Å². The summed E-state index contributed by atoms with van der Waals surface area (Å²) in [4.78, 5) is 0.417. The highest BCUT2D eigenvalue weighted by molar-refractivity contribution is 7.89. The van der Waals surface area contributed by atoms with Gasteiger partial charge < -0.3 is 5.32 Å². The molecular formula is C28H50N2O2S. The number of benzene rings is 1. The first-order chi connectivity index (χ1) is 16.0. The zero-order valence-electron chi connectivity index (χ0n) is 21.5. The van der Waals surface area contributed by atoms with Crippen LogP contribution >= 0.6 is 0 Å². The molecule has 1 N–H and O–H groups in total. The van der Waals surface area contributed by atoms with Crippen molar-refractivity contribution in [2.75, 3.05) is 19.6 Å². The Morgan fingerprint density at radius 1 is 0.788 bits per heavy atom. The molecule has 1 aliphatic heterocycles. The van der Waals surface area contributed by atoms with E-state index in [0.29, 0.717) is 18.0 Å². The number of hydrogen-bond acceptors (Lipinski definition) is 3. The van der Waals surface area contributed by atoms with Crippen LogP contribution in [0.2, 0.25) is 0 Å². The molecule has 33 heavy (non-hydrogen) atoms. The van der Waals surface area contributed by atoms with Crippen molar-refractivity contribution in [2.24, 2.45) is 0 Å². The summed E-state index contributed by atoms with van der Waals surface area (Å²) in [5, 5.41) is 3.53. The van der Waals surface area contributed by atoms with E-state index in [1.165, 1.54) is 96.3 Å². The Bertz CT molecular complexity index is 718. The Morgan fingerprint density at radius 2 is 1.27 bits per heavy atom. The van der Waals surface area contributed by atoms with Gasteiger partial charge in [0.2, 0.25) is 10.0 Å². The van der Waals surface area contributed by atoms with Crippen LogP contribution in [-0.2, 0) is 10.0 Å². The van der Waals surface area contributed by atoms with Crippen LogP contribution in [0.15, 0.2) is 29.2 Å². The normalized spacial score (nSPS) is 17.5. The fraction of sp³-hybridized carbons (Fsp3) is 0.786. The maximum absolute atomic E-state index is 13.0. The summed E-state index contributed by atoms with van der Waals surface area (Å²) in [5.41, 5.74) is 1.08. The second kappa shape index (κ2) is 16.7. The zero-order valence-corrected chi connectivity index (χ0v) is 22.3. The summed E-state index contributed by atoms with van der Waals surface area (Å²) < 4.78 is 27.6. The Balaban J connectivity index is 1.48. The molecule has 0 amide bonds. The maximum Gasteiger partial charge on any atom is 0.243 e. The van der Waals surface area contributed by atoms with E-state index < -0.39 is 10.0 Å². The van der Waals surface area contributed by atoms with E-state index in [1.807, 2.05) is 19.1 Å². The number of aryl methyl sites for hydroxylation is 1. The number of rotatable bonds is 18. The van der Waals surface area contributed by atoms with Crippen molar-refractivity contribution in [1.29, 1.82) is 0 Å². The molecule has 0 bridgehead atoms. The van der Waals surface area contributed by atoms with E-state index in [2.05, 4.69) is 12.2 Å². The third-order valence-corrected chi connectivity index (χ3v) is 8.91. The fourth-order valence-corrected chi connectivity index (χ4v) is 6.31. The van der Waals surface area contributed by atoms with Crippen LogP contribution in [0.1, 0.15) is 115 Å². The number of sulfonamides is 1. The van der Waals surface area contributed by atoms with Crippen molar-refractivity contribution in [1.82, 2.24) is 9.62 Å². The quantitative estimate of drug-likeness (QED) is 0.227. The second-order valence-corrected chi connectivity index (χ2v) is 12.0. The molecule has 0 aliphatic carbocycles. The minimum Gasteiger partial charge on any atom is -0.311 e. The van der Waals surface area contributed by atoms with Crippen molar-refractivity contribution >= 4 is 10.0 Å². The highest BCUT2D eigenvalue weighted by Gasteiger charge is 2.29. The van der Waals surface area contributed by atoms with Gasteiger partial charge in [0.15, 0.2) is 0 Å². The topological polar surface area (TPSA) is 49.4 Å². The first-order valence-corrected chi connectivity index (χ1v) is 15.3. The van der Waals surface area contributed by atoms with E-state index in [-0.39, 0.29) is 6.04 Å². The van der Waals surface area contributed by atoms with Gasteiger partial charge >= 0.3 is 0 Å². The average molecular weight is 479 g/mol. The Morgan fingerprint density at radius 3 is 1.79 bits per heavy atom. The highest BCUT2D eigenvalue weighted by Crippen LogP contribution is 2.20. The average Bonchev–Trinajstić information content (AvgIpc) is 2.82. The summed E-state index contributed by atoms with van der Waals surface area (Å²) in [6.07, 6.45) is 21.7. The largest absolute Gasteiger partial charge is 0.311 e. The van der Waals surface area contributed by atoms with Gasteiger partial charge in [0.05, 0.1) is 4.90 Å². The molecule has 1 saturated heterocycles. The minimum atomic E-state index is -3.38. The molecule has 0 spiro atoms. The lowest BCUT2D eigenvalue weighted by molar-refractivity contribution is 0.284. The molecule has 5 heteroatoms. The fourth-order valence-electron chi connectivity index (χ4n) is 4.83. The van der Waals surface area contributed by atoms with Gasteiger partial charge in [-0.2, -0.15) is 4.31 Å². The number of nitrogens with zero attached hydrogens (tertiary/aromatic N) is 1. The van der Waals surface area contributed by atoms with Crippen molar-refractivity contribution in [3.05, 3.63) is 29.8 Å². The molecule has 1 aliphatic rings. The molecule has 0 radical (unpaired) electrons. The summed E-state index contributed by atoms with van der Waals surface area (Å²) in [5.74, 6) is 0. The van der Waals surface area contributed by atoms with Crippen LogP contribution in [-0.4, -0.2) is 38.4 Å². The number of piperazine rings is 1. The molecule has 1 aromatic carbocycles. The SMILES string of the molecule is CCCCCCCCCCCCCCCCCC1CN(S(=O)(=O)c2ccc(C)cc2)CCN1. The molecule has 1 atom stereocenters. The van der Waals surface area contributed by atoms with E-state index in [1.54, 1.807) is 16.4 Å². The molecule has 4 nitrogen and oxygen atoms in total. The van der Waals surface area contributed by atoms with Crippen molar-refractivity contribution < 1.29 is 8.42 Å². The molecule has 1 heterocycles. The lowest BCUT2D eigenvalue weighted by atomic mass is 10.0. The van der Waals surface area contributed by atoms with Crippen LogP contribution in [0.5, 0.6) is 0 Å². The minimum absolute atomic E-state index is 0.279. The Labute approximate surface area is 205 Å². The summed E-state index contributed by atoms with van der Waals surface area (Å²) in [6.45, 7) is 6.16. The summed E-state index contributed by atoms with van der Waals surface area (Å²) in [6, 6.07) is 7.50. The van der Waals surface area contributed by atoms with Gasteiger partial charge in [0.25, 0.3) is 0 Å². The molecule has 2 rings (SSSR count). The lowest BCUT2D eigenvalue weighted by Gasteiger charge is -2.33. The molecule has 0 aromatic heterocycles. The van der Waals surface area contributed by atoms with Gasteiger partial charge in [0, 0.05) is 25.7 Å². The van der Waals surface area contributed by atoms with Crippen LogP contribution in [0.3, 0.4) is 0 Å². The molecule has 1 fully saturated rings. The molecular weight excluding hydrogens is 428 g/mol. The second-order valence-electron chi connectivity index (χ2n) is 10.1. The third-order valence-electron chi connectivity index (χ3n) is 7.03. The summed E-state index contributed by atoms with van der Waals surface area (Å²) >= 11 is 0. The van der Waals surface area contributed by atoms with E-state index >= 15 is 0 Å². The first-order valence-electron chi connectivity index (χ1n) is 13.8. The summed E-state index contributed by atoms with van der Waals surface area (Å²) in [7, 11) is -3.38. The lowest BCUT2D eigenvalue weighted by Crippen LogP contribution is -2.52. The van der Waals surface area contributed by atoms with Gasteiger partial charge in [-0.15, -0.1) is 0 Å². The van der Waals surface area contributed by atoms with Gasteiger partial charge in [0.1, 0.15) is 0 Å². The van der Waals surface area contributed by atoms with E-state index in [4.69, 9.17) is 0 Å². The standard InChI is InChI=1S/C28H50N2O2S/c1-3-4-5-6-7-8-9-10-11-12-13-14-15-16-17-18-27-25-30(24-23-29-27)33(31,32)28-21-19-26(2)20-22-28/h19-22,27,29H,3-18,23-25H2,1-2H3.